The van der Waals surface area contributed by atoms with Crippen molar-refractivity contribution in [1.82, 2.24) is 0 Å². The van der Waals surface area contributed by atoms with Gasteiger partial charge in [0.15, 0.2) is 0 Å². The van der Waals surface area contributed by atoms with Crippen LogP contribution in [0.1, 0.15) is 12.5 Å². The molecule has 0 aliphatic carbocycles. The van der Waals surface area contributed by atoms with Crippen LogP contribution in [0, 0.1) is 0 Å². The van der Waals surface area contributed by atoms with Gasteiger partial charge in [-0.3, -0.25) is 4.79 Å². The van der Waals surface area contributed by atoms with Crippen molar-refractivity contribution in [3.05, 3.63) is 42.2 Å². The SMILES string of the molecule is CC(=O)Nc1ccc(-c2ccco2)cc1C(F)(F)F. The molecule has 19 heavy (non-hydrogen) atoms. The molecule has 2 rings (SSSR count). The van der Waals surface area contributed by atoms with Crippen molar-refractivity contribution in [3.63, 3.8) is 0 Å². The maximum atomic E-state index is 12.9. The molecule has 0 saturated carbocycles. The smallest absolute Gasteiger partial charge is 0.418 e. The van der Waals surface area contributed by atoms with Crippen LogP contribution in [-0.2, 0) is 11.0 Å². The van der Waals surface area contributed by atoms with Crippen LogP contribution >= 0.6 is 0 Å². The first-order valence-electron chi connectivity index (χ1n) is 5.40. The second kappa shape index (κ2) is 4.79. The number of rotatable bonds is 2. The van der Waals surface area contributed by atoms with Gasteiger partial charge < -0.3 is 9.73 Å². The molecular weight excluding hydrogens is 259 g/mol. The number of hydrogen-bond acceptors (Lipinski definition) is 2. The first-order chi connectivity index (χ1) is 8.88. The normalized spacial score (nSPS) is 11.4. The van der Waals surface area contributed by atoms with E-state index in [1.807, 2.05) is 0 Å². The Morgan fingerprint density at radius 1 is 1.26 bits per heavy atom. The van der Waals surface area contributed by atoms with Gasteiger partial charge in [-0.25, -0.2) is 0 Å². The Bertz CT molecular complexity index is 588. The van der Waals surface area contributed by atoms with Gasteiger partial charge in [0.1, 0.15) is 5.76 Å². The first kappa shape index (κ1) is 13.2. The van der Waals surface area contributed by atoms with Crippen LogP contribution in [0.25, 0.3) is 11.3 Å². The van der Waals surface area contributed by atoms with Crippen molar-refractivity contribution in [2.45, 2.75) is 13.1 Å². The highest BCUT2D eigenvalue weighted by molar-refractivity contribution is 5.90. The molecule has 100 valence electrons. The fourth-order valence-electron chi connectivity index (χ4n) is 1.67. The highest BCUT2D eigenvalue weighted by Crippen LogP contribution is 2.37. The largest absolute Gasteiger partial charge is 0.464 e. The predicted octanol–water partition coefficient (Wildman–Crippen LogP) is 3.92. The minimum Gasteiger partial charge on any atom is -0.464 e. The lowest BCUT2D eigenvalue weighted by atomic mass is 10.1. The number of hydrogen-bond donors (Lipinski definition) is 1. The Morgan fingerprint density at radius 3 is 2.53 bits per heavy atom. The molecule has 0 aliphatic heterocycles. The summed E-state index contributed by atoms with van der Waals surface area (Å²) in [6.45, 7) is 1.15. The summed E-state index contributed by atoms with van der Waals surface area (Å²) in [6.07, 6.45) is -3.18. The summed E-state index contributed by atoms with van der Waals surface area (Å²) in [4.78, 5) is 10.9. The number of nitrogens with one attached hydrogen (secondary N) is 1. The fourth-order valence-corrected chi connectivity index (χ4v) is 1.67. The van der Waals surface area contributed by atoms with Gasteiger partial charge in [0.05, 0.1) is 17.5 Å². The number of carbonyl (C=O) groups excluding carboxylic acids is 1. The molecule has 1 heterocycles. The minimum absolute atomic E-state index is 0.268. The van der Waals surface area contributed by atoms with Gasteiger partial charge in [0, 0.05) is 12.5 Å². The first-order valence-corrected chi connectivity index (χ1v) is 5.40. The Kier molecular flexibility index (Phi) is 3.33. The molecule has 0 fully saturated rings. The Morgan fingerprint density at radius 2 is 2.00 bits per heavy atom. The molecule has 0 atom stereocenters. The molecule has 2 aromatic rings. The zero-order chi connectivity index (χ0) is 14.0. The topological polar surface area (TPSA) is 42.2 Å². The Labute approximate surface area is 107 Å². The van der Waals surface area contributed by atoms with Crippen LogP contribution in [0.5, 0.6) is 0 Å². The number of benzene rings is 1. The van der Waals surface area contributed by atoms with E-state index in [9.17, 15) is 18.0 Å². The third-order valence-corrected chi connectivity index (χ3v) is 2.44. The van der Waals surface area contributed by atoms with Gasteiger partial charge in [0.25, 0.3) is 0 Å². The zero-order valence-electron chi connectivity index (χ0n) is 9.91. The molecule has 0 unspecified atom stereocenters. The molecule has 1 N–H and O–H groups in total. The van der Waals surface area contributed by atoms with Gasteiger partial charge >= 0.3 is 6.18 Å². The molecule has 1 aromatic carbocycles. The van der Waals surface area contributed by atoms with E-state index in [1.165, 1.54) is 18.4 Å². The number of anilines is 1. The maximum Gasteiger partial charge on any atom is 0.418 e. The average molecular weight is 269 g/mol. The highest BCUT2D eigenvalue weighted by atomic mass is 19.4. The van der Waals surface area contributed by atoms with Gasteiger partial charge in [-0.05, 0) is 30.3 Å². The van der Waals surface area contributed by atoms with E-state index >= 15 is 0 Å². The minimum atomic E-state index is -4.56. The van der Waals surface area contributed by atoms with Crippen LogP contribution in [0.4, 0.5) is 18.9 Å². The van der Waals surface area contributed by atoms with Gasteiger partial charge in [-0.15, -0.1) is 0 Å². The van der Waals surface area contributed by atoms with Crippen molar-refractivity contribution in [1.29, 1.82) is 0 Å². The van der Waals surface area contributed by atoms with E-state index in [4.69, 9.17) is 4.42 Å². The standard InChI is InChI=1S/C13H10F3NO2/c1-8(18)17-11-5-4-9(12-3-2-6-19-12)7-10(11)13(14,15)16/h2-7H,1H3,(H,17,18). The van der Waals surface area contributed by atoms with Crippen molar-refractivity contribution in [2.75, 3.05) is 5.32 Å². The number of furan rings is 1. The summed E-state index contributed by atoms with van der Waals surface area (Å²) in [5, 5.41) is 2.16. The summed E-state index contributed by atoms with van der Waals surface area (Å²) in [7, 11) is 0. The zero-order valence-corrected chi connectivity index (χ0v) is 9.91. The van der Waals surface area contributed by atoms with Crippen LogP contribution in [-0.4, -0.2) is 5.91 Å². The molecule has 0 aliphatic rings. The predicted molar refractivity (Wildman–Crippen MR) is 63.4 cm³/mol. The van der Waals surface area contributed by atoms with E-state index in [0.717, 1.165) is 13.0 Å². The monoisotopic (exact) mass is 269 g/mol. The van der Waals surface area contributed by atoms with Crippen molar-refractivity contribution in [2.24, 2.45) is 0 Å². The number of alkyl halides is 3. The van der Waals surface area contributed by atoms with Crippen molar-refractivity contribution < 1.29 is 22.4 Å². The molecule has 1 amide bonds. The molecule has 1 aromatic heterocycles. The molecule has 6 heteroatoms. The molecule has 0 spiro atoms. The second-order valence-corrected chi connectivity index (χ2v) is 3.92. The fraction of sp³-hybridized carbons (Fsp3) is 0.154. The van der Waals surface area contributed by atoms with Gasteiger partial charge in [-0.1, -0.05) is 0 Å². The summed E-state index contributed by atoms with van der Waals surface area (Å²) in [5.41, 5.74) is -0.877. The van der Waals surface area contributed by atoms with E-state index in [0.29, 0.717) is 11.3 Å². The number of amides is 1. The third-order valence-electron chi connectivity index (χ3n) is 2.44. The van der Waals surface area contributed by atoms with E-state index in [-0.39, 0.29) is 5.69 Å². The summed E-state index contributed by atoms with van der Waals surface area (Å²) in [6, 6.07) is 6.77. The van der Waals surface area contributed by atoms with Crippen LogP contribution in [0.3, 0.4) is 0 Å². The number of halogens is 3. The Balaban J connectivity index is 2.51. The second-order valence-electron chi connectivity index (χ2n) is 3.92. The Hall–Kier alpha value is -2.24. The number of carbonyl (C=O) groups is 1. The van der Waals surface area contributed by atoms with Crippen LogP contribution in [0.2, 0.25) is 0 Å². The quantitative estimate of drug-likeness (QED) is 0.897. The molecule has 3 nitrogen and oxygen atoms in total. The van der Waals surface area contributed by atoms with E-state index in [1.54, 1.807) is 12.1 Å². The highest BCUT2D eigenvalue weighted by Gasteiger charge is 2.34. The molecule has 0 saturated heterocycles. The lowest BCUT2D eigenvalue weighted by Gasteiger charge is -2.14. The van der Waals surface area contributed by atoms with Crippen molar-refractivity contribution in [3.8, 4) is 11.3 Å². The summed E-state index contributed by atoms with van der Waals surface area (Å²) >= 11 is 0. The van der Waals surface area contributed by atoms with E-state index in [2.05, 4.69) is 5.32 Å². The molecular formula is C13H10F3NO2. The molecule has 0 bridgehead atoms. The maximum absolute atomic E-state index is 12.9. The molecule has 0 radical (unpaired) electrons. The average Bonchev–Trinajstić information content (AvgIpc) is 2.80. The van der Waals surface area contributed by atoms with Crippen LogP contribution in [0.15, 0.2) is 41.0 Å². The van der Waals surface area contributed by atoms with Gasteiger partial charge in [-0.2, -0.15) is 13.2 Å². The van der Waals surface area contributed by atoms with Crippen LogP contribution < -0.4 is 5.32 Å². The van der Waals surface area contributed by atoms with Gasteiger partial charge in [0.2, 0.25) is 5.91 Å². The third kappa shape index (κ3) is 2.96. The van der Waals surface area contributed by atoms with E-state index < -0.39 is 17.6 Å². The lowest BCUT2D eigenvalue weighted by Crippen LogP contribution is -2.14. The van der Waals surface area contributed by atoms with Crippen molar-refractivity contribution >= 4 is 11.6 Å². The lowest BCUT2D eigenvalue weighted by molar-refractivity contribution is -0.136. The summed E-state index contributed by atoms with van der Waals surface area (Å²) in [5.74, 6) is -0.226. The summed E-state index contributed by atoms with van der Waals surface area (Å²) < 4.78 is 43.9.